The van der Waals surface area contributed by atoms with Gasteiger partial charge in [0.2, 0.25) is 0 Å². The van der Waals surface area contributed by atoms with Crippen LogP contribution in [0, 0.1) is 12.7 Å². The number of aromatic nitrogens is 1. The molecule has 0 saturated heterocycles. The molecule has 0 spiro atoms. The average Bonchev–Trinajstić information content (AvgIpc) is 3.13. The van der Waals surface area contributed by atoms with Gasteiger partial charge in [0.25, 0.3) is 5.91 Å². The maximum absolute atomic E-state index is 13.4. The minimum Gasteiger partial charge on any atom is -0.426 e. The van der Waals surface area contributed by atoms with E-state index in [-0.39, 0.29) is 17.7 Å². The molecular formula is C23H19FN2O3. The fourth-order valence-electron chi connectivity index (χ4n) is 3.55. The Labute approximate surface area is 167 Å². The normalized spacial score (nSPS) is 14.9. The zero-order chi connectivity index (χ0) is 20.4. The standard InChI is InChI=1S/C23H19FN2O3/c1-14-11-18(26-22(27)16-3-2-10-25-13-16)6-9-21(14)29-23(28)20-7-4-15-12-17(24)5-8-19(15)20/h2-3,5-6,8-13,20H,4,7H2,1H3,(H,26,27). The molecule has 5 nitrogen and oxygen atoms in total. The summed E-state index contributed by atoms with van der Waals surface area (Å²) in [4.78, 5) is 28.8. The van der Waals surface area contributed by atoms with E-state index < -0.39 is 5.92 Å². The fraction of sp³-hybridized carbons (Fsp3) is 0.174. The number of fused-ring (bicyclic) bond motifs is 1. The number of nitrogens with one attached hydrogen (secondary N) is 1. The summed E-state index contributed by atoms with van der Waals surface area (Å²) >= 11 is 0. The molecule has 2 aromatic carbocycles. The summed E-state index contributed by atoms with van der Waals surface area (Å²) in [7, 11) is 0. The lowest BCUT2D eigenvalue weighted by molar-refractivity contribution is -0.136. The molecule has 1 unspecified atom stereocenters. The highest BCUT2D eigenvalue weighted by molar-refractivity contribution is 6.04. The van der Waals surface area contributed by atoms with Gasteiger partial charge in [0.15, 0.2) is 0 Å². The predicted octanol–water partition coefficient (Wildman–Crippen LogP) is 4.42. The Morgan fingerprint density at radius 1 is 1.17 bits per heavy atom. The maximum Gasteiger partial charge on any atom is 0.318 e. The number of amides is 1. The summed E-state index contributed by atoms with van der Waals surface area (Å²) in [5.41, 5.74) is 3.46. The van der Waals surface area contributed by atoms with Crippen LogP contribution in [0.25, 0.3) is 0 Å². The molecule has 1 amide bonds. The van der Waals surface area contributed by atoms with E-state index in [1.54, 1.807) is 49.5 Å². The van der Waals surface area contributed by atoms with Crippen molar-refractivity contribution in [3.8, 4) is 5.75 Å². The topological polar surface area (TPSA) is 68.3 Å². The van der Waals surface area contributed by atoms with Crippen LogP contribution in [-0.4, -0.2) is 16.9 Å². The van der Waals surface area contributed by atoms with E-state index in [0.717, 1.165) is 16.7 Å². The highest BCUT2D eigenvalue weighted by Gasteiger charge is 2.30. The van der Waals surface area contributed by atoms with Crippen molar-refractivity contribution >= 4 is 17.6 Å². The Morgan fingerprint density at radius 2 is 2.03 bits per heavy atom. The molecule has 4 rings (SSSR count). The minimum absolute atomic E-state index is 0.267. The van der Waals surface area contributed by atoms with Crippen molar-refractivity contribution in [3.63, 3.8) is 0 Å². The largest absolute Gasteiger partial charge is 0.426 e. The third kappa shape index (κ3) is 4.01. The van der Waals surface area contributed by atoms with Crippen molar-refractivity contribution in [2.75, 3.05) is 5.32 Å². The monoisotopic (exact) mass is 390 g/mol. The Morgan fingerprint density at radius 3 is 2.79 bits per heavy atom. The molecule has 146 valence electrons. The second-order valence-electron chi connectivity index (χ2n) is 7.03. The van der Waals surface area contributed by atoms with Crippen molar-refractivity contribution in [3.05, 3.63) is 89.0 Å². The number of esters is 1. The summed E-state index contributed by atoms with van der Waals surface area (Å²) in [6, 6.07) is 13.0. The van der Waals surface area contributed by atoms with Gasteiger partial charge < -0.3 is 10.1 Å². The molecule has 0 fully saturated rings. The first-order chi connectivity index (χ1) is 14.0. The zero-order valence-corrected chi connectivity index (χ0v) is 15.8. The van der Waals surface area contributed by atoms with Crippen molar-refractivity contribution < 1.29 is 18.7 Å². The van der Waals surface area contributed by atoms with Crippen LogP contribution in [0.3, 0.4) is 0 Å². The van der Waals surface area contributed by atoms with Gasteiger partial charge in [-0.25, -0.2) is 4.39 Å². The quantitative estimate of drug-likeness (QED) is 0.529. The smallest absolute Gasteiger partial charge is 0.318 e. The zero-order valence-electron chi connectivity index (χ0n) is 15.8. The Bertz CT molecular complexity index is 1080. The van der Waals surface area contributed by atoms with Crippen LogP contribution >= 0.6 is 0 Å². The van der Waals surface area contributed by atoms with Crippen molar-refractivity contribution in [1.29, 1.82) is 0 Å². The lowest BCUT2D eigenvalue weighted by Crippen LogP contribution is -2.17. The number of carbonyl (C=O) groups is 2. The average molecular weight is 390 g/mol. The van der Waals surface area contributed by atoms with Gasteiger partial charge in [0, 0.05) is 18.1 Å². The number of aryl methyl sites for hydroxylation is 2. The second-order valence-corrected chi connectivity index (χ2v) is 7.03. The van der Waals surface area contributed by atoms with Gasteiger partial charge in [-0.05, 0) is 78.9 Å². The first kappa shape index (κ1) is 18.8. The molecule has 1 atom stereocenters. The summed E-state index contributed by atoms with van der Waals surface area (Å²) in [5.74, 6) is -0.875. The molecule has 1 N–H and O–H groups in total. The molecule has 1 aromatic heterocycles. The van der Waals surface area contributed by atoms with Gasteiger partial charge in [-0.15, -0.1) is 0 Å². The van der Waals surface area contributed by atoms with E-state index >= 15 is 0 Å². The minimum atomic E-state index is -0.394. The molecule has 3 aromatic rings. The third-order valence-corrected chi connectivity index (χ3v) is 5.03. The molecule has 1 aliphatic carbocycles. The highest BCUT2D eigenvalue weighted by Crippen LogP contribution is 2.35. The van der Waals surface area contributed by atoms with Crippen molar-refractivity contribution in [2.45, 2.75) is 25.7 Å². The van der Waals surface area contributed by atoms with E-state index in [9.17, 15) is 14.0 Å². The Kier molecular flexibility index (Phi) is 5.08. The molecule has 0 bridgehead atoms. The number of halogens is 1. The van der Waals surface area contributed by atoms with Gasteiger partial charge in [-0.3, -0.25) is 14.6 Å². The first-order valence-electron chi connectivity index (χ1n) is 9.33. The van der Waals surface area contributed by atoms with Crippen LogP contribution in [0.5, 0.6) is 5.75 Å². The number of benzene rings is 2. The van der Waals surface area contributed by atoms with Gasteiger partial charge in [0.1, 0.15) is 11.6 Å². The van der Waals surface area contributed by atoms with Gasteiger partial charge in [-0.2, -0.15) is 0 Å². The number of pyridine rings is 1. The summed E-state index contributed by atoms with van der Waals surface area (Å²) in [5, 5.41) is 2.80. The summed E-state index contributed by atoms with van der Waals surface area (Å²) in [6.07, 6.45) is 4.36. The van der Waals surface area contributed by atoms with Crippen LogP contribution in [0.4, 0.5) is 10.1 Å². The number of nitrogens with zero attached hydrogens (tertiary/aromatic N) is 1. The SMILES string of the molecule is Cc1cc(NC(=O)c2cccnc2)ccc1OC(=O)C1CCc2cc(F)ccc21. The highest BCUT2D eigenvalue weighted by atomic mass is 19.1. The van der Waals surface area contributed by atoms with Crippen LogP contribution in [0.1, 0.15) is 39.4 Å². The van der Waals surface area contributed by atoms with Gasteiger partial charge in [-0.1, -0.05) is 6.07 Å². The number of hydrogen-bond acceptors (Lipinski definition) is 4. The lowest BCUT2D eigenvalue weighted by atomic mass is 10.0. The number of rotatable bonds is 4. The molecule has 1 aliphatic rings. The van der Waals surface area contributed by atoms with Crippen LogP contribution < -0.4 is 10.1 Å². The van der Waals surface area contributed by atoms with Crippen molar-refractivity contribution in [1.82, 2.24) is 4.98 Å². The second kappa shape index (κ2) is 7.83. The number of anilines is 1. The van der Waals surface area contributed by atoms with E-state index in [1.807, 2.05) is 0 Å². The molecule has 1 heterocycles. The molecule has 0 saturated carbocycles. The number of hydrogen-bond donors (Lipinski definition) is 1. The molecule has 0 aliphatic heterocycles. The number of ether oxygens (including phenoxy) is 1. The van der Waals surface area contributed by atoms with Crippen LogP contribution in [-0.2, 0) is 11.2 Å². The van der Waals surface area contributed by atoms with Gasteiger partial charge >= 0.3 is 5.97 Å². The third-order valence-electron chi connectivity index (χ3n) is 5.03. The molecule has 6 heteroatoms. The van der Waals surface area contributed by atoms with Crippen LogP contribution in [0.2, 0.25) is 0 Å². The van der Waals surface area contributed by atoms with E-state index in [0.29, 0.717) is 29.8 Å². The molecule has 0 radical (unpaired) electrons. The molecule has 29 heavy (non-hydrogen) atoms. The maximum atomic E-state index is 13.4. The summed E-state index contributed by atoms with van der Waals surface area (Å²) < 4.78 is 19.0. The van der Waals surface area contributed by atoms with Crippen LogP contribution in [0.15, 0.2) is 60.9 Å². The van der Waals surface area contributed by atoms with Crippen molar-refractivity contribution in [2.24, 2.45) is 0 Å². The van der Waals surface area contributed by atoms with E-state index in [4.69, 9.17) is 4.74 Å². The Balaban J connectivity index is 1.45. The first-order valence-corrected chi connectivity index (χ1v) is 9.33. The van der Waals surface area contributed by atoms with Gasteiger partial charge in [0.05, 0.1) is 11.5 Å². The van der Waals surface area contributed by atoms with E-state index in [2.05, 4.69) is 10.3 Å². The fourth-order valence-corrected chi connectivity index (χ4v) is 3.55. The Hall–Kier alpha value is -3.54. The number of carbonyl (C=O) groups excluding carboxylic acids is 2. The lowest BCUT2D eigenvalue weighted by Gasteiger charge is -2.14. The summed E-state index contributed by atoms with van der Waals surface area (Å²) in [6.45, 7) is 1.81. The predicted molar refractivity (Wildman–Crippen MR) is 106 cm³/mol. The molecular weight excluding hydrogens is 371 g/mol. The van der Waals surface area contributed by atoms with E-state index in [1.165, 1.54) is 18.3 Å².